The van der Waals surface area contributed by atoms with Crippen LogP contribution in [0.3, 0.4) is 0 Å². The highest BCUT2D eigenvalue weighted by molar-refractivity contribution is 9.10. The molecule has 0 saturated heterocycles. The van der Waals surface area contributed by atoms with Crippen molar-refractivity contribution in [2.24, 2.45) is 4.99 Å². The zero-order valence-corrected chi connectivity index (χ0v) is 25.7. The van der Waals surface area contributed by atoms with E-state index in [0.717, 1.165) is 16.3 Å². The van der Waals surface area contributed by atoms with Crippen molar-refractivity contribution in [1.82, 2.24) is 4.57 Å². The van der Waals surface area contributed by atoms with E-state index in [9.17, 15) is 9.59 Å². The molecule has 3 aromatic carbocycles. The second-order valence-corrected chi connectivity index (χ2v) is 11.0. The monoisotopic (exact) mass is 636 g/mol. The molecule has 0 radical (unpaired) electrons. The summed E-state index contributed by atoms with van der Waals surface area (Å²) in [7, 11) is 3.15. The number of fused-ring (bicyclic) bond motifs is 2. The normalized spacial score (nSPS) is 15.0. The Kier molecular flexibility index (Phi) is 8.32. The second kappa shape index (κ2) is 11.9. The third-order valence-corrected chi connectivity index (χ3v) is 8.49. The maximum absolute atomic E-state index is 14.2. The number of methoxy groups -OCH3 is 2. The van der Waals surface area contributed by atoms with Crippen molar-refractivity contribution < 1.29 is 23.7 Å². The quantitative estimate of drug-likeness (QED) is 0.249. The van der Waals surface area contributed by atoms with Crippen LogP contribution in [0.25, 0.3) is 16.8 Å². The summed E-state index contributed by atoms with van der Waals surface area (Å²) in [6, 6.07) is 14.5. The Hall–Kier alpha value is -3.89. The van der Waals surface area contributed by atoms with Crippen LogP contribution in [0.4, 0.5) is 0 Å². The first-order valence-electron chi connectivity index (χ1n) is 13.1. The molecule has 10 heteroatoms. The number of halogens is 1. The van der Waals surface area contributed by atoms with E-state index in [1.165, 1.54) is 11.3 Å². The predicted octanol–water partition coefficient (Wildman–Crippen LogP) is 5.13. The number of carbonyl (C=O) groups excluding carboxylic acids is 1. The van der Waals surface area contributed by atoms with E-state index in [0.29, 0.717) is 48.9 Å². The van der Waals surface area contributed by atoms with E-state index in [-0.39, 0.29) is 17.7 Å². The molecule has 212 valence electrons. The van der Waals surface area contributed by atoms with Crippen molar-refractivity contribution in [3.63, 3.8) is 0 Å². The highest BCUT2D eigenvalue weighted by Crippen LogP contribution is 2.41. The van der Waals surface area contributed by atoms with Gasteiger partial charge >= 0.3 is 5.97 Å². The number of hydrogen-bond donors (Lipinski definition) is 0. The molecule has 1 aromatic heterocycles. The van der Waals surface area contributed by atoms with E-state index in [4.69, 9.17) is 23.9 Å². The smallest absolute Gasteiger partial charge is 0.338 e. The van der Waals surface area contributed by atoms with Gasteiger partial charge in [-0.2, -0.15) is 0 Å². The summed E-state index contributed by atoms with van der Waals surface area (Å²) >= 11 is 4.91. The van der Waals surface area contributed by atoms with Gasteiger partial charge < -0.3 is 18.9 Å². The number of hydrogen-bond acceptors (Lipinski definition) is 8. The highest BCUT2D eigenvalue weighted by Gasteiger charge is 2.35. The van der Waals surface area contributed by atoms with E-state index in [1.807, 2.05) is 49.4 Å². The molecule has 0 unspecified atom stereocenters. The zero-order valence-electron chi connectivity index (χ0n) is 23.3. The molecular weight excluding hydrogens is 608 g/mol. The van der Waals surface area contributed by atoms with E-state index >= 15 is 0 Å². The molecular formula is C31H29BrN2O6S. The molecule has 0 spiro atoms. The van der Waals surface area contributed by atoms with E-state index in [2.05, 4.69) is 15.9 Å². The summed E-state index contributed by atoms with van der Waals surface area (Å²) in [6.07, 6.45) is 1.83. The average Bonchev–Trinajstić information content (AvgIpc) is 3.27. The largest absolute Gasteiger partial charge is 0.496 e. The van der Waals surface area contributed by atoms with Gasteiger partial charge in [0.2, 0.25) is 0 Å². The third-order valence-electron chi connectivity index (χ3n) is 6.82. The molecule has 0 saturated carbocycles. The highest BCUT2D eigenvalue weighted by atomic mass is 79.9. The van der Waals surface area contributed by atoms with Gasteiger partial charge in [0, 0.05) is 10.0 Å². The summed E-state index contributed by atoms with van der Waals surface area (Å²) in [5.41, 5.74) is 1.89. The predicted molar refractivity (Wildman–Crippen MR) is 163 cm³/mol. The van der Waals surface area contributed by atoms with Crippen LogP contribution in [-0.2, 0) is 9.53 Å². The first-order chi connectivity index (χ1) is 19.8. The Bertz CT molecular complexity index is 1870. The molecule has 0 N–H and O–H groups in total. The molecule has 0 bridgehead atoms. The second-order valence-electron chi connectivity index (χ2n) is 9.16. The van der Waals surface area contributed by atoms with Crippen LogP contribution in [0, 0.1) is 0 Å². The van der Waals surface area contributed by atoms with Gasteiger partial charge in [0.05, 0.1) is 49.3 Å². The van der Waals surface area contributed by atoms with Crippen LogP contribution >= 0.6 is 27.3 Å². The molecule has 0 amide bonds. The number of carbonyl (C=O) groups is 1. The number of esters is 1. The maximum atomic E-state index is 14.2. The molecule has 5 rings (SSSR count). The molecule has 8 nitrogen and oxygen atoms in total. The van der Waals surface area contributed by atoms with Crippen LogP contribution in [0.1, 0.15) is 37.9 Å². The fourth-order valence-electron chi connectivity index (χ4n) is 5.01. The lowest BCUT2D eigenvalue weighted by Gasteiger charge is -2.26. The number of rotatable bonds is 8. The van der Waals surface area contributed by atoms with Crippen LogP contribution in [0.2, 0.25) is 0 Å². The minimum atomic E-state index is -0.819. The van der Waals surface area contributed by atoms with Gasteiger partial charge in [-0.25, -0.2) is 9.79 Å². The van der Waals surface area contributed by atoms with Crippen molar-refractivity contribution in [3.05, 3.63) is 95.1 Å². The van der Waals surface area contributed by atoms with Gasteiger partial charge in [0.1, 0.15) is 5.75 Å². The van der Waals surface area contributed by atoms with Gasteiger partial charge in [-0.05, 0) is 61.4 Å². The standard InChI is InChI=1S/C31H29BrN2O6S/c1-6-39-25-16-22(32)21(14-24(25)38-5)28-27(30(36)40-7-2)17(3)33-31-34(28)29(35)26(41-31)15-20-19-11-9-8-10-18(19)12-13-23(20)37-4/h8-16,28H,6-7H2,1-5H3/b26-15+/t28-/m0/s1. The minimum absolute atomic E-state index is 0.182. The number of aromatic nitrogens is 1. The topological polar surface area (TPSA) is 88.4 Å². The molecule has 1 atom stereocenters. The zero-order chi connectivity index (χ0) is 29.3. The first kappa shape index (κ1) is 28.6. The Labute approximate surface area is 249 Å². The Morgan fingerprint density at radius 1 is 1.05 bits per heavy atom. The van der Waals surface area contributed by atoms with Crippen LogP contribution in [-0.4, -0.2) is 38.0 Å². The SMILES string of the molecule is CCOC(=O)C1=C(C)N=c2s/c(=C/c3c(OC)ccc4ccccc34)c(=O)n2[C@H]1c1cc(OC)c(OCC)cc1Br. The first-order valence-corrected chi connectivity index (χ1v) is 14.7. The fourth-order valence-corrected chi connectivity index (χ4v) is 6.58. The Morgan fingerprint density at radius 2 is 1.80 bits per heavy atom. The summed E-state index contributed by atoms with van der Waals surface area (Å²) in [4.78, 5) is 32.7. The maximum Gasteiger partial charge on any atom is 0.338 e. The number of thiazole rings is 1. The van der Waals surface area contributed by atoms with Crippen LogP contribution in [0.5, 0.6) is 17.2 Å². The molecule has 0 fully saturated rings. The Balaban J connectivity index is 1.80. The summed E-state index contributed by atoms with van der Waals surface area (Å²) < 4.78 is 25.1. The van der Waals surface area contributed by atoms with Crippen molar-refractivity contribution >= 4 is 50.1 Å². The van der Waals surface area contributed by atoms with Crippen LogP contribution < -0.4 is 29.1 Å². The summed E-state index contributed by atoms with van der Waals surface area (Å²) in [5, 5.41) is 1.98. The lowest BCUT2D eigenvalue weighted by molar-refractivity contribution is -0.139. The number of nitrogens with zero attached hydrogens (tertiary/aromatic N) is 2. The number of allylic oxidation sites excluding steroid dienone is 1. The van der Waals surface area contributed by atoms with Crippen molar-refractivity contribution in [3.8, 4) is 17.2 Å². The lowest BCUT2D eigenvalue weighted by atomic mass is 9.95. The van der Waals surface area contributed by atoms with Gasteiger partial charge in [-0.15, -0.1) is 0 Å². The molecule has 1 aliphatic heterocycles. The van der Waals surface area contributed by atoms with Gasteiger partial charge in [-0.1, -0.05) is 57.6 Å². The molecule has 2 heterocycles. The van der Waals surface area contributed by atoms with E-state index in [1.54, 1.807) is 44.8 Å². The van der Waals surface area contributed by atoms with Crippen LogP contribution in [0.15, 0.2) is 74.1 Å². The van der Waals surface area contributed by atoms with Crippen molar-refractivity contribution in [2.75, 3.05) is 27.4 Å². The fraction of sp³-hybridized carbons (Fsp3) is 0.258. The third kappa shape index (κ3) is 5.17. The number of benzene rings is 3. The molecule has 0 aliphatic carbocycles. The minimum Gasteiger partial charge on any atom is -0.496 e. The van der Waals surface area contributed by atoms with E-state index < -0.39 is 12.0 Å². The number of ether oxygens (including phenoxy) is 4. The molecule has 1 aliphatic rings. The lowest BCUT2D eigenvalue weighted by Crippen LogP contribution is -2.40. The summed E-state index contributed by atoms with van der Waals surface area (Å²) in [6.45, 7) is 6.01. The summed E-state index contributed by atoms with van der Waals surface area (Å²) in [5.74, 6) is 1.13. The van der Waals surface area contributed by atoms with Gasteiger partial charge in [-0.3, -0.25) is 9.36 Å². The van der Waals surface area contributed by atoms with Crippen molar-refractivity contribution in [2.45, 2.75) is 26.8 Å². The average molecular weight is 638 g/mol. The Morgan fingerprint density at radius 3 is 2.51 bits per heavy atom. The molecule has 41 heavy (non-hydrogen) atoms. The molecule has 4 aromatic rings. The van der Waals surface area contributed by atoms with Crippen molar-refractivity contribution in [1.29, 1.82) is 0 Å². The van der Waals surface area contributed by atoms with Gasteiger partial charge in [0.15, 0.2) is 16.3 Å². The van der Waals surface area contributed by atoms with Gasteiger partial charge in [0.25, 0.3) is 5.56 Å².